The van der Waals surface area contributed by atoms with Crippen LogP contribution in [0.25, 0.3) is 0 Å². The van der Waals surface area contributed by atoms with Gasteiger partial charge < -0.3 is 10.1 Å². The molecule has 1 aromatic carbocycles. The number of ether oxygens (including phenoxy) is 1. The van der Waals surface area contributed by atoms with Crippen LogP contribution >= 0.6 is 11.3 Å². The van der Waals surface area contributed by atoms with Crippen LogP contribution in [0, 0.1) is 13.8 Å². The number of rotatable bonds is 4. The summed E-state index contributed by atoms with van der Waals surface area (Å²) in [7, 11) is 0. The van der Waals surface area contributed by atoms with Crippen molar-refractivity contribution in [2.45, 2.75) is 39.5 Å². The van der Waals surface area contributed by atoms with Gasteiger partial charge in [-0.1, -0.05) is 6.07 Å². The van der Waals surface area contributed by atoms with E-state index in [1.807, 2.05) is 38.1 Å². The highest BCUT2D eigenvalue weighted by Gasteiger charge is 2.18. The topological polar surface area (TPSA) is 55.4 Å². The lowest BCUT2D eigenvalue weighted by Crippen LogP contribution is -2.20. The number of carbonyl (C=O) groups is 2. The number of anilines is 1. The van der Waals surface area contributed by atoms with Gasteiger partial charge in [0.1, 0.15) is 4.88 Å². The van der Waals surface area contributed by atoms with Crippen molar-refractivity contribution in [3.63, 3.8) is 0 Å². The second-order valence-corrected chi connectivity index (χ2v) is 7.33. The Morgan fingerprint density at radius 2 is 1.92 bits per heavy atom. The number of benzene rings is 1. The highest BCUT2D eigenvalue weighted by molar-refractivity contribution is 7.14. The van der Waals surface area contributed by atoms with Crippen LogP contribution in [0.1, 0.15) is 44.1 Å². The molecule has 24 heavy (non-hydrogen) atoms. The van der Waals surface area contributed by atoms with E-state index in [-0.39, 0.29) is 12.5 Å². The first kappa shape index (κ1) is 16.7. The zero-order valence-corrected chi connectivity index (χ0v) is 14.8. The smallest absolute Gasteiger partial charge is 0.348 e. The molecule has 1 aromatic heterocycles. The van der Waals surface area contributed by atoms with Crippen LogP contribution in [0.2, 0.25) is 0 Å². The highest BCUT2D eigenvalue weighted by Crippen LogP contribution is 2.30. The zero-order valence-electron chi connectivity index (χ0n) is 14.0. The molecule has 0 saturated heterocycles. The predicted octanol–water partition coefficient (Wildman–Crippen LogP) is 4.04. The second-order valence-electron chi connectivity index (χ2n) is 6.19. The first-order valence-electron chi connectivity index (χ1n) is 8.19. The van der Waals surface area contributed by atoms with Crippen molar-refractivity contribution in [3.05, 3.63) is 50.7 Å². The Hall–Kier alpha value is -2.14. The third kappa shape index (κ3) is 3.85. The van der Waals surface area contributed by atoms with E-state index in [9.17, 15) is 9.59 Å². The Balaban J connectivity index is 1.54. The molecule has 0 bridgehead atoms. The first-order valence-corrected chi connectivity index (χ1v) is 9.00. The van der Waals surface area contributed by atoms with Gasteiger partial charge in [0, 0.05) is 10.6 Å². The Labute approximate surface area is 145 Å². The molecule has 1 amide bonds. The Morgan fingerprint density at radius 1 is 1.12 bits per heavy atom. The molecule has 5 heteroatoms. The number of nitrogens with one attached hydrogen (secondary N) is 1. The third-order valence-electron chi connectivity index (χ3n) is 4.32. The van der Waals surface area contributed by atoms with Crippen LogP contribution in [0.5, 0.6) is 0 Å². The molecule has 0 radical (unpaired) electrons. The molecule has 126 valence electrons. The molecule has 0 atom stereocenters. The molecule has 4 nitrogen and oxygen atoms in total. The van der Waals surface area contributed by atoms with Crippen LogP contribution in [-0.4, -0.2) is 18.5 Å². The Bertz CT molecular complexity index is 755. The molecular weight excluding hydrogens is 322 g/mol. The minimum atomic E-state index is -0.412. The van der Waals surface area contributed by atoms with Crippen molar-refractivity contribution in [1.82, 2.24) is 0 Å². The molecule has 0 aliphatic heterocycles. The number of esters is 1. The van der Waals surface area contributed by atoms with Crippen LogP contribution in [-0.2, 0) is 22.4 Å². The summed E-state index contributed by atoms with van der Waals surface area (Å²) in [6.45, 7) is 3.74. The lowest BCUT2D eigenvalue weighted by Gasteiger charge is -2.08. The summed E-state index contributed by atoms with van der Waals surface area (Å²) in [6.07, 6.45) is 4.43. The van der Waals surface area contributed by atoms with Gasteiger partial charge in [-0.05, 0) is 74.4 Å². The lowest BCUT2D eigenvalue weighted by atomic mass is 9.99. The molecule has 0 saturated carbocycles. The van der Waals surface area contributed by atoms with Gasteiger partial charge in [-0.15, -0.1) is 11.3 Å². The summed E-state index contributed by atoms with van der Waals surface area (Å²) in [4.78, 5) is 26.0. The van der Waals surface area contributed by atoms with Gasteiger partial charge in [-0.2, -0.15) is 0 Å². The summed E-state index contributed by atoms with van der Waals surface area (Å²) in [5.74, 6) is -0.738. The van der Waals surface area contributed by atoms with Gasteiger partial charge >= 0.3 is 5.97 Å². The lowest BCUT2D eigenvalue weighted by molar-refractivity contribution is -0.119. The standard InChI is InChI=1S/C19H21NO3S/c1-12-7-8-15(9-13(12)2)20-18(21)11-23-19(22)17-10-14-5-3-4-6-16(14)24-17/h7-10H,3-6,11H2,1-2H3,(H,20,21). The maximum Gasteiger partial charge on any atom is 0.348 e. The van der Waals surface area contributed by atoms with E-state index in [1.165, 1.54) is 40.2 Å². The number of carbonyl (C=O) groups excluding carboxylic acids is 2. The van der Waals surface area contributed by atoms with E-state index in [1.54, 1.807) is 0 Å². The van der Waals surface area contributed by atoms with E-state index < -0.39 is 5.97 Å². The van der Waals surface area contributed by atoms with Gasteiger partial charge in [0.2, 0.25) is 0 Å². The number of thiophene rings is 1. The molecule has 1 aliphatic carbocycles. The SMILES string of the molecule is Cc1ccc(NC(=O)COC(=O)c2cc3c(s2)CCCC3)cc1C. The van der Waals surface area contributed by atoms with E-state index >= 15 is 0 Å². The van der Waals surface area contributed by atoms with E-state index in [2.05, 4.69) is 5.32 Å². The number of amides is 1. The average molecular weight is 343 g/mol. The van der Waals surface area contributed by atoms with E-state index in [4.69, 9.17) is 4.74 Å². The van der Waals surface area contributed by atoms with Crippen LogP contribution in [0.15, 0.2) is 24.3 Å². The van der Waals surface area contributed by atoms with E-state index in [0.717, 1.165) is 18.4 Å². The molecule has 2 aromatic rings. The number of fused-ring (bicyclic) bond motifs is 1. The maximum atomic E-state index is 12.1. The molecule has 0 unspecified atom stereocenters. The number of hydrogen-bond donors (Lipinski definition) is 1. The first-order chi connectivity index (χ1) is 11.5. The fourth-order valence-electron chi connectivity index (χ4n) is 2.81. The van der Waals surface area contributed by atoms with Gasteiger partial charge in [0.05, 0.1) is 0 Å². The van der Waals surface area contributed by atoms with Crippen molar-refractivity contribution < 1.29 is 14.3 Å². The molecule has 0 fully saturated rings. The fourth-order valence-corrected chi connectivity index (χ4v) is 3.96. The average Bonchev–Trinajstić information content (AvgIpc) is 3.00. The summed E-state index contributed by atoms with van der Waals surface area (Å²) >= 11 is 1.50. The second kappa shape index (κ2) is 7.18. The van der Waals surface area contributed by atoms with Gasteiger partial charge in [0.25, 0.3) is 5.91 Å². The Kier molecular flexibility index (Phi) is 5.00. The number of hydrogen-bond acceptors (Lipinski definition) is 4. The minimum absolute atomic E-state index is 0.270. The molecular formula is C19H21NO3S. The summed E-state index contributed by atoms with van der Waals surface area (Å²) in [6, 6.07) is 7.62. The molecule has 1 N–H and O–H groups in total. The molecule has 0 spiro atoms. The quantitative estimate of drug-likeness (QED) is 0.853. The third-order valence-corrected chi connectivity index (χ3v) is 5.54. The van der Waals surface area contributed by atoms with Crippen LogP contribution < -0.4 is 5.32 Å². The summed E-state index contributed by atoms with van der Waals surface area (Å²) in [5.41, 5.74) is 4.25. The van der Waals surface area contributed by atoms with Gasteiger partial charge in [0.15, 0.2) is 6.61 Å². The number of aryl methyl sites for hydroxylation is 4. The van der Waals surface area contributed by atoms with Gasteiger partial charge in [-0.3, -0.25) is 4.79 Å². The molecule has 1 aliphatic rings. The minimum Gasteiger partial charge on any atom is -0.451 e. The van der Waals surface area contributed by atoms with Crippen molar-refractivity contribution in [1.29, 1.82) is 0 Å². The van der Waals surface area contributed by atoms with Crippen molar-refractivity contribution in [2.75, 3.05) is 11.9 Å². The zero-order chi connectivity index (χ0) is 17.1. The normalized spacial score (nSPS) is 13.2. The van der Waals surface area contributed by atoms with Crippen molar-refractivity contribution >= 4 is 28.9 Å². The monoisotopic (exact) mass is 343 g/mol. The highest BCUT2D eigenvalue weighted by atomic mass is 32.1. The fraction of sp³-hybridized carbons (Fsp3) is 0.368. The molecule has 3 rings (SSSR count). The van der Waals surface area contributed by atoms with Crippen LogP contribution in [0.3, 0.4) is 0 Å². The van der Waals surface area contributed by atoms with Crippen LogP contribution in [0.4, 0.5) is 5.69 Å². The van der Waals surface area contributed by atoms with Crippen molar-refractivity contribution in [2.24, 2.45) is 0 Å². The predicted molar refractivity (Wildman–Crippen MR) is 95.8 cm³/mol. The Morgan fingerprint density at radius 3 is 2.67 bits per heavy atom. The maximum absolute atomic E-state index is 12.1. The van der Waals surface area contributed by atoms with Crippen molar-refractivity contribution in [3.8, 4) is 0 Å². The molecule has 1 heterocycles. The largest absolute Gasteiger partial charge is 0.451 e. The summed E-state index contributed by atoms with van der Waals surface area (Å²) < 4.78 is 5.15. The van der Waals surface area contributed by atoms with E-state index in [0.29, 0.717) is 10.6 Å². The van der Waals surface area contributed by atoms with Gasteiger partial charge in [-0.25, -0.2) is 4.79 Å². The summed E-state index contributed by atoms with van der Waals surface area (Å²) in [5, 5.41) is 2.75.